The van der Waals surface area contributed by atoms with Gasteiger partial charge in [0.1, 0.15) is 19.0 Å². The van der Waals surface area contributed by atoms with Gasteiger partial charge < -0.3 is 38.6 Å². The van der Waals surface area contributed by atoms with Crippen LogP contribution in [0.2, 0.25) is 0 Å². The molecule has 1 N–H and O–H groups in total. The van der Waals surface area contributed by atoms with E-state index in [1.807, 2.05) is 89.7 Å². The summed E-state index contributed by atoms with van der Waals surface area (Å²) in [6.07, 6.45) is 6.36. The molecule has 0 saturated carbocycles. The quantitative estimate of drug-likeness (QED) is 0.0753. The van der Waals surface area contributed by atoms with Gasteiger partial charge in [-0.05, 0) is 121 Å². The number of para-hydroxylation sites is 2. The van der Waals surface area contributed by atoms with Crippen molar-refractivity contribution in [1.29, 1.82) is 0 Å². The van der Waals surface area contributed by atoms with E-state index in [2.05, 4.69) is 36.1 Å². The van der Waals surface area contributed by atoms with Crippen molar-refractivity contribution in [1.82, 2.24) is 0 Å². The van der Waals surface area contributed by atoms with Crippen molar-refractivity contribution in [3.63, 3.8) is 0 Å². The third-order valence-corrected chi connectivity index (χ3v) is 13.0. The number of nitrogens with zero attached hydrogens (tertiary/aromatic N) is 4. The van der Waals surface area contributed by atoms with E-state index in [-0.39, 0.29) is 43.5 Å². The number of aliphatic imine (C=N–C) groups is 1. The number of carbonyl (C=O) groups excluding carboxylic acids is 2. The lowest BCUT2D eigenvalue weighted by atomic mass is 9.99. The summed E-state index contributed by atoms with van der Waals surface area (Å²) in [5.41, 5.74) is 10.2. The number of aryl methyl sites for hydroxylation is 2. The van der Waals surface area contributed by atoms with Crippen LogP contribution in [0, 0.1) is 6.92 Å². The highest BCUT2D eigenvalue weighted by Crippen LogP contribution is 2.42. The first-order valence-electron chi connectivity index (χ1n) is 23.4. The minimum Gasteiger partial charge on any atom is -0.493 e. The number of fused-ring (bicyclic) bond motifs is 8. The predicted molar refractivity (Wildman–Crippen MR) is 258 cm³/mol. The summed E-state index contributed by atoms with van der Waals surface area (Å²) in [5.74, 6) is 0.654. The SMILES string of the molecule is CCCOCCOCCN(CCCC(=O)O)c1cc(COc2cc3c(cc2C)C(=O)N2c4ccccc4C[C@H]2C=N3)cc(COc2cc3c(cc2OC)C(=O)N2c4ccccc4CC2CC3)c1. The fourth-order valence-corrected chi connectivity index (χ4v) is 9.75. The number of ether oxygens (including phenoxy) is 5. The third kappa shape index (κ3) is 9.89. The van der Waals surface area contributed by atoms with Gasteiger partial charge in [0.05, 0.1) is 44.2 Å². The molecule has 13 heteroatoms. The van der Waals surface area contributed by atoms with Gasteiger partial charge in [0.15, 0.2) is 11.5 Å². The van der Waals surface area contributed by atoms with Crippen LogP contribution in [0.5, 0.6) is 17.2 Å². The fraction of sp³-hybridized carbons (Fsp3) is 0.370. The van der Waals surface area contributed by atoms with Crippen molar-refractivity contribution in [2.45, 2.75) is 84.1 Å². The zero-order valence-electron chi connectivity index (χ0n) is 38.5. The molecule has 4 heterocycles. The Bertz CT molecular complexity index is 2680. The standard InChI is InChI=1S/C54H58N4O9/c1-4-19-64-21-22-65-20-18-56(17-9-14-52(59)60)42-25-36(33-66-49-31-46-45(23-35(49)2)54(62)58-43(32-55-46)28-40-11-6-8-13-48(40)58)24-37(26-42)34-67-51-29-38-15-16-41-27-39-10-5-7-12-47(39)57(41)53(61)44(38)30-50(51)63-3/h5-8,10-13,23-26,29-32,41,43H,4,9,14-22,27-28,33-34H2,1-3H3,(H,59,60)/t41?,43-/m0/s1. The topological polar surface area (TPSA) is 140 Å². The lowest BCUT2D eigenvalue weighted by Crippen LogP contribution is -2.37. The number of amides is 2. The van der Waals surface area contributed by atoms with Gasteiger partial charge in [-0.2, -0.15) is 0 Å². The molecule has 0 aromatic heterocycles. The van der Waals surface area contributed by atoms with E-state index in [9.17, 15) is 19.5 Å². The van der Waals surface area contributed by atoms with Crippen LogP contribution in [0.4, 0.5) is 22.7 Å². The van der Waals surface area contributed by atoms with Crippen LogP contribution in [0.3, 0.4) is 0 Å². The Labute approximate surface area is 391 Å². The van der Waals surface area contributed by atoms with Gasteiger partial charge in [-0.15, -0.1) is 0 Å². The average Bonchev–Trinajstić information content (AvgIpc) is 3.83. The summed E-state index contributed by atoms with van der Waals surface area (Å²) >= 11 is 0. The monoisotopic (exact) mass is 906 g/mol. The number of benzene rings is 5. The van der Waals surface area contributed by atoms with Gasteiger partial charge in [-0.3, -0.25) is 24.3 Å². The zero-order valence-corrected chi connectivity index (χ0v) is 38.5. The Balaban J connectivity index is 0.979. The van der Waals surface area contributed by atoms with Gasteiger partial charge in [-0.1, -0.05) is 43.3 Å². The second kappa shape index (κ2) is 20.4. The average molecular weight is 907 g/mol. The Morgan fingerprint density at radius 3 is 2.16 bits per heavy atom. The van der Waals surface area contributed by atoms with Crippen LogP contribution in [0.15, 0.2) is 96.0 Å². The molecular formula is C54H58N4O9. The number of hydrogen-bond donors (Lipinski definition) is 1. The van der Waals surface area contributed by atoms with Crippen LogP contribution >= 0.6 is 0 Å². The first kappa shape index (κ1) is 45.5. The number of carboxylic acid groups (broad SMARTS) is 1. The molecule has 0 saturated heterocycles. The van der Waals surface area contributed by atoms with Crippen LogP contribution < -0.4 is 28.9 Å². The number of rotatable bonds is 20. The van der Waals surface area contributed by atoms with E-state index in [0.717, 1.165) is 70.6 Å². The smallest absolute Gasteiger partial charge is 0.303 e. The summed E-state index contributed by atoms with van der Waals surface area (Å²) in [7, 11) is 1.58. The maximum atomic E-state index is 14.2. The van der Waals surface area contributed by atoms with E-state index in [1.54, 1.807) is 7.11 Å². The maximum absolute atomic E-state index is 14.2. The molecular weight excluding hydrogens is 849 g/mol. The number of methoxy groups -OCH3 is 1. The molecule has 0 aliphatic carbocycles. The Morgan fingerprint density at radius 1 is 0.746 bits per heavy atom. The van der Waals surface area contributed by atoms with Gasteiger partial charge >= 0.3 is 5.97 Å². The van der Waals surface area contributed by atoms with Crippen molar-refractivity contribution < 1.29 is 43.2 Å². The van der Waals surface area contributed by atoms with Gasteiger partial charge in [0, 0.05) is 73.5 Å². The molecule has 2 atom stereocenters. The summed E-state index contributed by atoms with van der Waals surface area (Å²) in [5, 5.41) is 9.54. The van der Waals surface area contributed by atoms with E-state index in [4.69, 9.17) is 28.7 Å². The number of anilines is 3. The Kier molecular flexibility index (Phi) is 13.9. The minimum absolute atomic E-state index is 0.0280. The molecule has 0 bridgehead atoms. The third-order valence-electron chi connectivity index (χ3n) is 13.0. The van der Waals surface area contributed by atoms with Crippen LogP contribution in [0.1, 0.15) is 86.7 Å². The lowest BCUT2D eigenvalue weighted by Gasteiger charge is -2.26. The number of carboxylic acids is 1. The van der Waals surface area contributed by atoms with Crippen LogP contribution in [-0.2, 0) is 46.7 Å². The predicted octanol–water partition coefficient (Wildman–Crippen LogP) is 9.08. The van der Waals surface area contributed by atoms with Crippen molar-refractivity contribution in [2.75, 3.05) is 61.3 Å². The van der Waals surface area contributed by atoms with E-state index < -0.39 is 5.97 Å². The molecule has 9 rings (SSSR count). The molecule has 348 valence electrons. The van der Waals surface area contributed by atoms with Gasteiger partial charge in [0.25, 0.3) is 11.8 Å². The summed E-state index contributed by atoms with van der Waals surface area (Å²) < 4.78 is 30.6. The van der Waals surface area contributed by atoms with Crippen molar-refractivity contribution in [2.24, 2.45) is 4.99 Å². The summed E-state index contributed by atoms with van der Waals surface area (Å²) in [6, 6.07) is 29.7. The Hall–Kier alpha value is -6.70. The normalized spacial score (nSPS) is 16.6. The fourth-order valence-electron chi connectivity index (χ4n) is 9.75. The molecule has 4 aliphatic rings. The van der Waals surface area contributed by atoms with Gasteiger partial charge in [0.2, 0.25) is 0 Å². The van der Waals surface area contributed by atoms with Crippen molar-refractivity contribution in [3.05, 3.63) is 136 Å². The molecule has 2 amide bonds. The van der Waals surface area contributed by atoms with Crippen LogP contribution in [0.25, 0.3) is 0 Å². The van der Waals surface area contributed by atoms with Gasteiger partial charge in [-0.25, -0.2) is 0 Å². The minimum atomic E-state index is -0.852. The summed E-state index contributed by atoms with van der Waals surface area (Å²) in [6.45, 7) is 7.43. The number of hydrogen-bond acceptors (Lipinski definition) is 10. The highest BCUT2D eigenvalue weighted by atomic mass is 16.5. The largest absolute Gasteiger partial charge is 0.493 e. The lowest BCUT2D eigenvalue weighted by molar-refractivity contribution is -0.137. The molecule has 0 radical (unpaired) electrons. The second-order valence-electron chi connectivity index (χ2n) is 17.6. The van der Waals surface area contributed by atoms with Crippen molar-refractivity contribution >= 4 is 46.7 Å². The van der Waals surface area contributed by atoms with E-state index >= 15 is 0 Å². The van der Waals surface area contributed by atoms with E-state index in [1.165, 1.54) is 5.56 Å². The molecule has 0 spiro atoms. The number of aliphatic carboxylic acids is 1. The first-order valence-corrected chi connectivity index (χ1v) is 23.4. The van der Waals surface area contributed by atoms with Crippen LogP contribution in [-0.4, -0.2) is 87.8 Å². The second-order valence-corrected chi connectivity index (χ2v) is 17.6. The highest BCUT2D eigenvalue weighted by Gasteiger charge is 2.38. The molecule has 67 heavy (non-hydrogen) atoms. The molecule has 4 aliphatic heterocycles. The molecule has 13 nitrogen and oxygen atoms in total. The molecule has 0 fully saturated rings. The molecule has 5 aromatic carbocycles. The molecule has 1 unspecified atom stereocenters. The summed E-state index contributed by atoms with van der Waals surface area (Å²) in [4.78, 5) is 50.6. The van der Waals surface area contributed by atoms with E-state index in [0.29, 0.717) is 86.4 Å². The maximum Gasteiger partial charge on any atom is 0.303 e. The first-order chi connectivity index (χ1) is 32.7. The zero-order chi connectivity index (χ0) is 46.4. The Morgan fingerprint density at radius 2 is 1.43 bits per heavy atom. The number of carbonyl (C=O) groups is 3. The highest BCUT2D eigenvalue weighted by molar-refractivity contribution is 6.14. The van der Waals surface area contributed by atoms with Crippen molar-refractivity contribution in [3.8, 4) is 17.2 Å². The molecule has 5 aromatic rings.